The van der Waals surface area contributed by atoms with Crippen molar-refractivity contribution >= 4 is 17.5 Å². The van der Waals surface area contributed by atoms with Crippen molar-refractivity contribution in [2.45, 2.75) is 19.5 Å². The summed E-state index contributed by atoms with van der Waals surface area (Å²) in [6, 6.07) is 12.4. The summed E-state index contributed by atoms with van der Waals surface area (Å²) < 4.78 is 6.79. The highest BCUT2D eigenvalue weighted by Gasteiger charge is 2.15. The van der Waals surface area contributed by atoms with Crippen LogP contribution in [0.2, 0.25) is 0 Å². The zero-order chi connectivity index (χ0) is 19.9. The number of pyridine rings is 1. The molecule has 3 rings (SSSR count). The Morgan fingerprint density at radius 3 is 2.71 bits per heavy atom. The van der Waals surface area contributed by atoms with Crippen LogP contribution >= 0.6 is 0 Å². The van der Waals surface area contributed by atoms with Crippen LogP contribution in [-0.2, 0) is 11.3 Å². The largest absolute Gasteiger partial charge is 0.496 e. The fourth-order valence-corrected chi connectivity index (χ4v) is 2.74. The van der Waals surface area contributed by atoms with Gasteiger partial charge >= 0.3 is 0 Å². The van der Waals surface area contributed by atoms with Crippen LogP contribution in [0.5, 0.6) is 5.75 Å². The van der Waals surface area contributed by atoms with Crippen LogP contribution in [0.3, 0.4) is 0 Å². The molecule has 8 nitrogen and oxygen atoms in total. The van der Waals surface area contributed by atoms with E-state index in [1.165, 1.54) is 10.9 Å². The second-order valence-corrected chi connectivity index (χ2v) is 6.13. The quantitative estimate of drug-likeness (QED) is 0.657. The number of carbonyl (C=O) groups excluding carboxylic acids is 2. The summed E-state index contributed by atoms with van der Waals surface area (Å²) in [5, 5.41) is 9.73. The van der Waals surface area contributed by atoms with Gasteiger partial charge in [0.15, 0.2) is 0 Å². The van der Waals surface area contributed by atoms with Gasteiger partial charge in [0.25, 0.3) is 5.91 Å². The Labute approximate surface area is 162 Å². The Balaban J connectivity index is 1.57. The van der Waals surface area contributed by atoms with Gasteiger partial charge in [-0.1, -0.05) is 24.3 Å². The minimum Gasteiger partial charge on any atom is -0.496 e. The lowest BCUT2D eigenvalue weighted by atomic mass is 10.1. The van der Waals surface area contributed by atoms with E-state index in [0.717, 1.165) is 5.56 Å². The number of para-hydroxylation sites is 1. The summed E-state index contributed by atoms with van der Waals surface area (Å²) in [5.41, 5.74) is 1.68. The van der Waals surface area contributed by atoms with Crippen LogP contribution in [0.15, 0.2) is 61.1 Å². The van der Waals surface area contributed by atoms with Crippen molar-refractivity contribution in [1.82, 2.24) is 20.1 Å². The van der Waals surface area contributed by atoms with Gasteiger partial charge in [-0.05, 0) is 25.1 Å². The third-order valence-corrected chi connectivity index (χ3v) is 4.08. The van der Waals surface area contributed by atoms with E-state index in [1.807, 2.05) is 31.2 Å². The molecule has 0 aliphatic rings. The predicted octanol–water partition coefficient (Wildman–Crippen LogP) is 2.42. The number of hydrogen-bond acceptors (Lipinski definition) is 5. The summed E-state index contributed by atoms with van der Waals surface area (Å²) in [4.78, 5) is 28.4. The number of carbonyl (C=O) groups is 2. The predicted molar refractivity (Wildman–Crippen MR) is 104 cm³/mol. The highest BCUT2D eigenvalue weighted by Crippen LogP contribution is 2.24. The molecule has 0 aliphatic carbocycles. The Kier molecular flexibility index (Phi) is 6.01. The maximum absolute atomic E-state index is 12.3. The van der Waals surface area contributed by atoms with Gasteiger partial charge in [-0.3, -0.25) is 19.3 Å². The number of anilines is 1. The van der Waals surface area contributed by atoms with Gasteiger partial charge in [-0.25, -0.2) is 0 Å². The topological polar surface area (TPSA) is 98.1 Å². The van der Waals surface area contributed by atoms with Crippen LogP contribution in [0.25, 0.3) is 0 Å². The van der Waals surface area contributed by atoms with Crippen molar-refractivity contribution in [3.05, 3.63) is 72.3 Å². The standard InChI is InChI=1S/C20H21N5O3/c1-14(16-7-3-4-9-18(16)28-2)23-19(26)13-25-12-15(11-22-25)24-20(27)17-8-5-6-10-21-17/h3-12,14H,13H2,1-2H3,(H,23,26)(H,24,27). The van der Waals surface area contributed by atoms with Gasteiger partial charge in [0.2, 0.25) is 5.91 Å². The van der Waals surface area contributed by atoms with Crippen LogP contribution in [0.4, 0.5) is 5.69 Å². The van der Waals surface area contributed by atoms with Crippen LogP contribution in [0.1, 0.15) is 29.0 Å². The minimum atomic E-state index is -0.339. The second-order valence-electron chi connectivity index (χ2n) is 6.13. The molecule has 0 spiro atoms. The number of aromatic nitrogens is 3. The zero-order valence-electron chi connectivity index (χ0n) is 15.6. The molecule has 2 heterocycles. The molecule has 2 aromatic heterocycles. The molecule has 1 unspecified atom stereocenters. The number of methoxy groups -OCH3 is 1. The van der Waals surface area contributed by atoms with Crippen LogP contribution in [-0.4, -0.2) is 33.7 Å². The maximum Gasteiger partial charge on any atom is 0.274 e. The number of rotatable bonds is 7. The fourth-order valence-electron chi connectivity index (χ4n) is 2.74. The van der Waals surface area contributed by atoms with Crippen molar-refractivity contribution < 1.29 is 14.3 Å². The average molecular weight is 379 g/mol. The highest BCUT2D eigenvalue weighted by atomic mass is 16.5. The van der Waals surface area contributed by atoms with Crippen molar-refractivity contribution in [1.29, 1.82) is 0 Å². The highest BCUT2D eigenvalue weighted by molar-refractivity contribution is 6.02. The van der Waals surface area contributed by atoms with E-state index < -0.39 is 0 Å². The molecule has 0 aliphatic heterocycles. The molecule has 1 aromatic carbocycles. The normalized spacial score (nSPS) is 11.5. The van der Waals surface area contributed by atoms with Crippen molar-refractivity contribution in [3.8, 4) is 5.75 Å². The SMILES string of the molecule is COc1ccccc1C(C)NC(=O)Cn1cc(NC(=O)c2ccccn2)cn1. The fraction of sp³-hybridized carbons (Fsp3) is 0.200. The Hall–Kier alpha value is -3.68. The molecule has 1 atom stereocenters. The summed E-state index contributed by atoms with van der Waals surface area (Å²) in [7, 11) is 1.60. The lowest BCUT2D eigenvalue weighted by molar-refractivity contribution is -0.122. The summed E-state index contributed by atoms with van der Waals surface area (Å²) in [6.45, 7) is 1.91. The number of ether oxygens (including phenoxy) is 1. The third-order valence-electron chi connectivity index (χ3n) is 4.08. The van der Waals surface area contributed by atoms with Gasteiger partial charge < -0.3 is 15.4 Å². The molecule has 28 heavy (non-hydrogen) atoms. The average Bonchev–Trinajstić information content (AvgIpc) is 3.14. The number of nitrogens with zero attached hydrogens (tertiary/aromatic N) is 3. The van der Waals surface area contributed by atoms with Crippen molar-refractivity contribution in [2.24, 2.45) is 0 Å². The molecule has 8 heteroatoms. The molecule has 0 fully saturated rings. The van der Waals surface area contributed by atoms with Gasteiger partial charge in [-0.2, -0.15) is 5.10 Å². The minimum absolute atomic E-state index is 0.0267. The number of hydrogen-bond donors (Lipinski definition) is 2. The van der Waals surface area contributed by atoms with Crippen LogP contribution in [0, 0.1) is 0 Å². The third kappa shape index (κ3) is 4.73. The second kappa shape index (κ2) is 8.81. The lowest BCUT2D eigenvalue weighted by Crippen LogP contribution is -2.30. The first-order valence-electron chi connectivity index (χ1n) is 8.74. The molecule has 0 radical (unpaired) electrons. The van der Waals surface area contributed by atoms with Crippen molar-refractivity contribution in [3.63, 3.8) is 0 Å². The van der Waals surface area contributed by atoms with Crippen molar-refractivity contribution in [2.75, 3.05) is 12.4 Å². The first-order chi connectivity index (χ1) is 13.6. The van der Waals surface area contributed by atoms with E-state index in [9.17, 15) is 9.59 Å². The molecule has 0 saturated heterocycles. The number of nitrogens with one attached hydrogen (secondary N) is 2. The van der Waals surface area contributed by atoms with E-state index in [0.29, 0.717) is 17.1 Å². The van der Waals surface area contributed by atoms with E-state index in [1.54, 1.807) is 37.7 Å². The van der Waals surface area contributed by atoms with Gasteiger partial charge in [0.1, 0.15) is 18.0 Å². The van der Waals surface area contributed by atoms with E-state index >= 15 is 0 Å². The monoisotopic (exact) mass is 379 g/mol. The molecule has 2 amide bonds. The first-order valence-corrected chi connectivity index (χ1v) is 8.74. The number of benzene rings is 1. The Morgan fingerprint density at radius 1 is 1.18 bits per heavy atom. The molecular weight excluding hydrogens is 358 g/mol. The maximum atomic E-state index is 12.3. The molecule has 0 saturated carbocycles. The van der Waals surface area contributed by atoms with Gasteiger partial charge in [0, 0.05) is 18.0 Å². The van der Waals surface area contributed by atoms with Gasteiger partial charge in [-0.15, -0.1) is 0 Å². The van der Waals surface area contributed by atoms with E-state index in [4.69, 9.17) is 4.74 Å². The molecular formula is C20H21N5O3. The summed E-state index contributed by atoms with van der Waals surface area (Å²) in [5.74, 6) is 0.174. The van der Waals surface area contributed by atoms with Gasteiger partial charge in [0.05, 0.1) is 25.0 Å². The Morgan fingerprint density at radius 2 is 1.96 bits per heavy atom. The van der Waals surface area contributed by atoms with E-state index in [-0.39, 0.29) is 24.4 Å². The van der Waals surface area contributed by atoms with Crippen LogP contribution < -0.4 is 15.4 Å². The number of amides is 2. The molecule has 3 aromatic rings. The molecule has 144 valence electrons. The molecule has 0 bridgehead atoms. The lowest BCUT2D eigenvalue weighted by Gasteiger charge is -2.17. The smallest absolute Gasteiger partial charge is 0.274 e. The van der Waals surface area contributed by atoms with E-state index in [2.05, 4.69) is 20.7 Å². The molecule has 2 N–H and O–H groups in total. The zero-order valence-corrected chi connectivity index (χ0v) is 15.6. The first kappa shape index (κ1) is 19.1. The summed E-state index contributed by atoms with van der Waals surface area (Å²) in [6.07, 6.45) is 4.62. The Bertz CT molecular complexity index is 955. The summed E-state index contributed by atoms with van der Waals surface area (Å²) >= 11 is 0.